The van der Waals surface area contributed by atoms with Gasteiger partial charge in [-0.15, -0.1) is 0 Å². The monoisotopic (exact) mass is 435 g/mol. The summed E-state index contributed by atoms with van der Waals surface area (Å²) in [6.07, 6.45) is 3.46. The molecule has 0 aliphatic carbocycles. The Morgan fingerprint density at radius 3 is 2.67 bits per heavy atom. The van der Waals surface area contributed by atoms with E-state index in [0.29, 0.717) is 30.4 Å². The van der Waals surface area contributed by atoms with E-state index in [1.807, 2.05) is 0 Å². The predicted molar refractivity (Wildman–Crippen MR) is 111 cm³/mol. The van der Waals surface area contributed by atoms with Gasteiger partial charge in [-0.1, -0.05) is 11.6 Å². The summed E-state index contributed by atoms with van der Waals surface area (Å²) in [7, 11) is 1.78. The number of hydrogen-bond acceptors (Lipinski definition) is 6. The summed E-state index contributed by atoms with van der Waals surface area (Å²) in [6.45, 7) is 1.54. The van der Waals surface area contributed by atoms with Crippen LogP contribution in [0.3, 0.4) is 0 Å². The number of hydrogen-bond donors (Lipinski definition) is 1. The Balaban J connectivity index is 1.46. The van der Waals surface area contributed by atoms with Crippen LogP contribution in [0, 0.1) is 5.92 Å². The van der Waals surface area contributed by atoms with Crippen LogP contribution < -0.4 is 10.2 Å². The zero-order chi connectivity index (χ0) is 21.7. The molecule has 0 saturated carbocycles. The lowest BCUT2D eigenvalue weighted by Gasteiger charge is -2.33. The van der Waals surface area contributed by atoms with Crippen LogP contribution in [0.1, 0.15) is 25.7 Å². The van der Waals surface area contributed by atoms with Gasteiger partial charge in [0.05, 0.1) is 17.5 Å². The van der Waals surface area contributed by atoms with Gasteiger partial charge in [0.2, 0.25) is 23.6 Å². The number of nitrogens with one attached hydrogen (secondary N) is 1. The second-order valence-electron chi connectivity index (χ2n) is 7.60. The van der Waals surface area contributed by atoms with Gasteiger partial charge in [-0.3, -0.25) is 24.1 Å². The highest BCUT2D eigenvalue weighted by Gasteiger charge is 2.30. The highest BCUT2D eigenvalue weighted by atomic mass is 35.5. The third-order valence-electron chi connectivity index (χ3n) is 5.41. The van der Waals surface area contributed by atoms with Gasteiger partial charge in [-0.2, -0.15) is 0 Å². The van der Waals surface area contributed by atoms with Gasteiger partial charge < -0.3 is 15.1 Å². The van der Waals surface area contributed by atoms with Crippen molar-refractivity contribution in [2.24, 2.45) is 5.92 Å². The number of halogens is 1. The maximum atomic E-state index is 12.7. The molecule has 4 amide bonds. The van der Waals surface area contributed by atoms with E-state index in [4.69, 9.17) is 11.6 Å². The lowest BCUT2D eigenvalue weighted by molar-refractivity contribution is -0.139. The van der Waals surface area contributed by atoms with Crippen LogP contribution in [0.2, 0.25) is 5.02 Å². The first-order valence-electron chi connectivity index (χ1n) is 10.1. The quantitative estimate of drug-likeness (QED) is 0.631. The molecule has 162 valence electrons. The van der Waals surface area contributed by atoms with Crippen molar-refractivity contribution in [3.63, 3.8) is 0 Å². The molecule has 0 spiro atoms. The zero-order valence-electron chi connectivity index (χ0n) is 17.0. The topological polar surface area (TPSA) is 103 Å². The molecule has 0 bridgehead atoms. The van der Waals surface area contributed by atoms with Crippen molar-refractivity contribution in [2.45, 2.75) is 25.7 Å². The molecule has 2 aliphatic heterocycles. The van der Waals surface area contributed by atoms with E-state index in [-0.39, 0.29) is 62.0 Å². The first kappa shape index (κ1) is 22.0. The molecular formula is C20H26ClN5O4. The molecule has 0 aromatic carbocycles. The minimum absolute atomic E-state index is 0.0694. The lowest BCUT2D eigenvalue weighted by atomic mass is 9.97. The number of rotatable bonds is 7. The first-order valence-corrected chi connectivity index (χ1v) is 10.4. The van der Waals surface area contributed by atoms with Crippen LogP contribution in [0.25, 0.3) is 0 Å². The fourth-order valence-electron chi connectivity index (χ4n) is 3.70. The standard InChI is InChI=1S/C20H26ClN5O4/c1-24(16-5-4-15(21)11-23-16)13-19(29)25-9-2-3-14(12-25)20(30)22-8-10-26-17(27)6-7-18(26)28/h4-5,11,14H,2-3,6-10,12-13H2,1H3,(H,22,30). The zero-order valence-corrected chi connectivity index (χ0v) is 17.7. The van der Waals surface area contributed by atoms with Gasteiger partial charge in [-0.05, 0) is 25.0 Å². The Bertz CT molecular complexity index is 800. The first-order chi connectivity index (χ1) is 14.3. The number of nitrogens with zero attached hydrogens (tertiary/aromatic N) is 4. The molecule has 9 nitrogen and oxygen atoms in total. The van der Waals surface area contributed by atoms with Gasteiger partial charge in [0.1, 0.15) is 5.82 Å². The van der Waals surface area contributed by atoms with Crippen molar-refractivity contribution in [3.05, 3.63) is 23.4 Å². The molecule has 30 heavy (non-hydrogen) atoms. The minimum atomic E-state index is -0.299. The summed E-state index contributed by atoms with van der Waals surface area (Å²) in [6, 6.07) is 3.47. The number of likely N-dealkylation sites (tertiary alicyclic amines) is 2. The maximum absolute atomic E-state index is 12.7. The number of carbonyl (C=O) groups is 4. The SMILES string of the molecule is CN(CC(=O)N1CCCC(C(=O)NCCN2C(=O)CCC2=O)C1)c1ccc(Cl)cn1. The van der Waals surface area contributed by atoms with Crippen molar-refractivity contribution in [1.82, 2.24) is 20.1 Å². The molecule has 2 aliphatic rings. The molecule has 1 aromatic heterocycles. The van der Waals surface area contributed by atoms with E-state index < -0.39 is 0 Å². The molecular weight excluding hydrogens is 410 g/mol. The third-order valence-corrected chi connectivity index (χ3v) is 5.63. The van der Waals surface area contributed by atoms with E-state index in [1.165, 1.54) is 11.1 Å². The normalized spacial score (nSPS) is 19.2. The summed E-state index contributed by atoms with van der Waals surface area (Å²) in [5.74, 6) is -0.262. The molecule has 1 N–H and O–H groups in total. The van der Waals surface area contributed by atoms with Crippen molar-refractivity contribution in [2.75, 3.05) is 44.7 Å². The van der Waals surface area contributed by atoms with Crippen molar-refractivity contribution in [3.8, 4) is 0 Å². The smallest absolute Gasteiger partial charge is 0.242 e. The minimum Gasteiger partial charge on any atom is -0.354 e. The Labute approximate surface area is 180 Å². The maximum Gasteiger partial charge on any atom is 0.242 e. The van der Waals surface area contributed by atoms with Gasteiger partial charge in [0.25, 0.3) is 0 Å². The van der Waals surface area contributed by atoms with Crippen LogP contribution in [0.5, 0.6) is 0 Å². The predicted octanol–water partition coefficient (Wildman–Crippen LogP) is 0.675. The summed E-state index contributed by atoms with van der Waals surface area (Å²) in [4.78, 5) is 57.3. The molecule has 1 atom stereocenters. The highest BCUT2D eigenvalue weighted by molar-refractivity contribution is 6.30. The van der Waals surface area contributed by atoms with Crippen LogP contribution in [-0.4, -0.2) is 78.2 Å². The molecule has 3 heterocycles. The van der Waals surface area contributed by atoms with Crippen LogP contribution in [0.4, 0.5) is 5.82 Å². The van der Waals surface area contributed by atoms with Gasteiger partial charge in [-0.25, -0.2) is 4.98 Å². The largest absolute Gasteiger partial charge is 0.354 e. The molecule has 1 unspecified atom stereocenters. The number of carbonyl (C=O) groups excluding carboxylic acids is 4. The molecule has 3 rings (SSSR count). The van der Waals surface area contributed by atoms with E-state index in [1.54, 1.807) is 29.0 Å². The van der Waals surface area contributed by atoms with Crippen molar-refractivity contribution >= 4 is 41.0 Å². The molecule has 2 saturated heterocycles. The number of likely N-dealkylation sites (N-methyl/N-ethyl adjacent to an activating group) is 1. The number of anilines is 1. The number of pyridine rings is 1. The Hall–Kier alpha value is -2.68. The summed E-state index contributed by atoms with van der Waals surface area (Å²) in [5.41, 5.74) is 0. The van der Waals surface area contributed by atoms with E-state index in [0.717, 1.165) is 6.42 Å². The van der Waals surface area contributed by atoms with Gasteiger partial charge >= 0.3 is 0 Å². The van der Waals surface area contributed by atoms with Crippen molar-refractivity contribution < 1.29 is 19.2 Å². The van der Waals surface area contributed by atoms with Gasteiger partial charge in [0, 0.05) is 52.3 Å². The fourth-order valence-corrected chi connectivity index (χ4v) is 3.81. The van der Waals surface area contributed by atoms with Crippen LogP contribution in [0.15, 0.2) is 18.3 Å². The number of amides is 4. The second-order valence-corrected chi connectivity index (χ2v) is 8.04. The highest BCUT2D eigenvalue weighted by Crippen LogP contribution is 2.18. The fraction of sp³-hybridized carbons (Fsp3) is 0.550. The summed E-state index contributed by atoms with van der Waals surface area (Å²) >= 11 is 5.85. The van der Waals surface area contributed by atoms with Crippen LogP contribution >= 0.6 is 11.6 Å². The van der Waals surface area contributed by atoms with Crippen LogP contribution in [-0.2, 0) is 19.2 Å². The Morgan fingerprint density at radius 2 is 2.00 bits per heavy atom. The molecule has 0 radical (unpaired) electrons. The summed E-state index contributed by atoms with van der Waals surface area (Å²) in [5, 5.41) is 3.33. The summed E-state index contributed by atoms with van der Waals surface area (Å²) < 4.78 is 0. The average molecular weight is 436 g/mol. The lowest BCUT2D eigenvalue weighted by Crippen LogP contribution is -2.49. The van der Waals surface area contributed by atoms with E-state index in [9.17, 15) is 19.2 Å². The van der Waals surface area contributed by atoms with E-state index >= 15 is 0 Å². The average Bonchev–Trinajstić information content (AvgIpc) is 3.06. The van der Waals surface area contributed by atoms with Crippen molar-refractivity contribution in [1.29, 1.82) is 0 Å². The number of piperidine rings is 1. The number of aromatic nitrogens is 1. The third kappa shape index (κ3) is 5.47. The second kappa shape index (κ2) is 9.88. The number of imide groups is 1. The molecule has 10 heteroatoms. The van der Waals surface area contributed by atoms with Gasteiger partial charge in [0.15, 0.2) is 0 Å². The Morgan fingerprint density at radius 1 is 1.27 bits per heavy atom. The van der Waals surface area contributed by atoms with E-state index in [2.05, 4.69) is 10.3 Å². The molecule has 1 aromatic rings. The Kier molecular flexibility index (Phi) is 7.25. The molecule has 2 fully saturated rings.